The summed E-state index contributed by atoms with van der Waals surface area (Å²) in [5.74, 6) is 2.48. The van der Waals surface area contributed by atoms with Crippen molar-refractivity contribution in [2.24, 2.45) is 0 Å². The summed E-state index contributed by atoms with van der Waals surface area (Å²) in [6, 6.07) is 16.1. The second-order valence-electron chi connectivity index (χ2n) is 6.58. The Labute approximate surface area is 179 Å². The van der Waals surface area contributed by atoms with Crippen molar-refractivity contribution in [2.45, 2.75) is 37.8 Å². The number of hydrogen-bond donors (Lipinski definition) is 0. The monoisotopic (exact) mass is 424 g/mol. The van der Waals surface area contributed by atoms with Crippen LogP contribution in [0, 0.1) is 0 Å². The lowest BCUT2D eigenvalue weighted by molar-refractivity contribution is 0.0683. The Morgan fingerprint density at radius 1 is 1.03 bits per heavy atom. The number of rotatable bonds is 9. The third-order valence-corrected chi connectivity index (χ3v) is 5.45. The van der Waals surface area contributed by atoms with Gasteiger partial charge in [0.05, 0.1) is 23.4 Å². The first kappa shape index (κ1) is 20.4. The van der Waals surface area contributed by atoms with Gasteiger partial charge in [0.15, 0.2) is 11.0 Å². The van der Waals surface area contributed by atoms with Gasteiger partial charge in [-0.05, 0) is 57.2 Å². The number of benzene rings is 2. The Bertz CT molecular complexity index is 1110. The van der Waals surface area contributed by atoms with E-state index >= 15 is 0 Å². The molecule has 4 aromatic rings. The first-order chi connectivity index (χ1) is 14.7. The molecule has 2 heterocycles. The maximum atomic E-state index is 5.57. The van der Waals surface area contributed by atoms with Crippen molar-refractivity contribution in [1.82, 2.24) is 19.7 Å². The Morgan fingerprint density at radius 3 is 2.60 bits per heavy atom. The number of ether oxygens (including phenoxy) is 2. The summed E-state index contributed by atoms with van der Waals surface area (Å²) in [6.07, 6.45) is -0.189. The molecule has 0 aliphatic heterocycles. The molecule has 0 saturated carbocycles. The average molecular weight is 425 g/mol. The molecule has 0 aliphatic rings. The summed E-state index contributed by atoms with van der Waals surface area (Å²) in [7, 11) is 0. The minimum absolute atomic E-state index is 0.189. The lowest BCUT2D eigenvalue weighted by Crippen LogP contribution is -2.01. The van der Waals surface area contributed by atoms with Crippen LogP contribution in [0.5, 0.6) is 5.75 Å². The third kappa shape index (κ3) is 4.34. The SMILES string of the molecule is CCOc1ccc(-n2c(SCc3nc(C(C)OCC)no3)nc3ccccc32)cc1. The number of imidazole rings is 1. The van der Waals surface area contributed by atoms with Crippen LogP contribution < -0.4 is 4.74 Å². The van der Waals surface area contributed by atoms with Crippen LogP contribution in [0.2, 0.25) is 0 Å². The fourth-order valence-corrected chi connectivity index (χ4v) is 4.02. The summed E-state index contributed by atoms with van der Waals surface area (Å²) in [5.41, 5.74) is 3.00. The Hall–Kier alpha value is -2.84. The van der Waals surface area contributed by atoms with Gasteiger partial charge in [0, 0.05) is 12.3 Å². The predicted molar refractivity (Wildman–Crippen MR) is 116 cm³/mol. The van der Waals surface area contributed by atoms with Gasteiger partial charge in [-0.3, -0.25) is 4.57 Å². The van der Waals surface area contributed by atoms with E-state index in [1.54, 1.807) is 11.8 Å². The van der Waals surface area contributed by atoms with Crippen molar-refractivity contribution >= 4 is 22.8 Å². The van der Waals surface area contributed by atoms with Crippen LogP contribution in [0.3, 0.4) is 0 Å². The first-order valence-corrected chi connectivity index (χ1v) is 11.0. The summed E-state index contributed by atoms with van der Waals surface area (Å²) in [5, 5.41) is 4.89. The quantitative estimate of drug-likeness (QED) is 0.342. The predicted octanol–water partition coefficient (Wildman–Crippen LogP) is 5.20. The van der Waals surface area contributed by atoms with Crippen LogP contribution in [0.1, 0.15) is 38.6 Å². The lowest BCUT2D eigenvalue weighted by Gasteiger charge is -2.10. The van der Waals surface area contributed by atoms with E-state index in [1.165, 1.54) is 0 Å². The zero-order chi connectivity index (χ0) is 20.9. The van der Waals surface area contributed by atoms with Crippen LogP contribution in [-0.2, 0) is 10.5 Å². The molecule has 0 bridgehead atoms. The molecule has 156 valence electrons. The molecule has 2 aromatic carbocycles. The summed E-state index contributed by atoms with van der Waals surface area (Å²) < 4.78 is 18.6. The molecule has 0 N–H and O–H groups in total. The fraction of sp³-hybridized carbons (Fsp3) is 0.318. The molecule has 8 heteroatoms. The highest BCUT2D eigenvalue weighted by Crippen LogP contribution is 2.30. The average Bonchev–Trinajstić information content (AvgIpc) is 3.38. The molecule has 2 aromatic heterocycles. The van der Waals surface area contributed by atoms with E-state index in [-0.39, 0.29) is 6.10 Å². The van der Waals surface area contributed by atoms with Crippen molar-refractivity contribution in [2.75, 3.05) is 13.2 Å². The van der Waals surface area contributed by atoms with Crippen molar-refractivity contribution in [3.63, 3.8) is 0 Å². The van der Waals surface area contributed by atoms with E-state index < -0.39 is 0 Å². The fourth-order valence-electron chi connectivity index (χ4n) is 3.15. The summed E-state index contributed by atoms with van der Waals surface area (Å²) in [6.45, 7) is 7.08. The maximum absolute atomic E-state index is 5.57. The van der Waals surface area contributed by atoms with Crippen molar-refractivity contribution in [3.05, 3.63) is 60.2 Å². The van der Waals surface area contributed by atoms with Crippen LogP contribution in [0.4, 0.5) is 0 Å². The molecule has 4 rings (SSSR count). The van der Waals surface area contributed by atoms with Gasteiger partial charge in [-0.2, -0.15) is 4.98 Å². The summed E-state index contributed by atoms with van der Waals surface area (Å²) in [4.78, 5) is 9.27. The maximum Gasteiger partial charge on any atom is 0.237 e. The van der Waals surface area contributed by atoms with Gasteiger partial charge in [-0.1, -0.05) is 29.1 Å². The molecule has 0 fully saturated rings. The highest BCUT2D eigenvalue weighted by Gasteiger charge is 2.17. The van der Waals surface area contributed by atoms with Crippen LogP contribution in [-0.4, -0.2) is 32.9 Å². The van der Waals surface area contributed by atoms with Crippen LogP contribution in [0.15, 0.2) is 58.2 Å². The molecule has 1 atom stereocenters. The number of para-hydroxylation sites is 2. The van der Waals surface area contributed by atoms with E-state index in [1.807, 2.05) is 63.2 Å². The zero-order valence-electron chi connectivity index (χ0n) is 17.2. The molecular weight excluding hydrogens is 400 g/mol. The lowest BCUT2D eigenvalue weighted by atomic mass is 10.2. The molecule has 0 radical (unpaired) electrons. The smallest absolute Gasteiger partial charge is 0.237 e. The molecule has 30 heavy (non-hydrogen) atoms. The van der Waals surface area contributed by atoms with E-state index in [0.717, 1.165) is 27.6 Å². The van der Waals surface area contributed by atoms with Gasteiger partial charge in [0.2, 0.25) is 5.89 Å². The highest BCUT2D eigenvalue weighted by molar-refractivity contribution is 7.98. The van der Waals surface area contributed by atoms with Crippen LogP contribution in [0.25, 0.3) is 16.7 Å². The van der Waals surface area contributed by atoms with Gasteiger partial charge in [0.1, 0.15) is 11.9 Å². The van der Waals surface area contributed by atoms with Crippen LogP contribution >= 0.6 is 11.8 Å². The molecular formula is C22H24N4O3S. The number of thioether (sulfide) groups is 1. The number of fused-ring (bicyclic) bond motifs is 1. The first-order valence-electron chi connectivity index (χ1n) is 9.97. The van der Waals surface area contributed by atoms with Crippen molar-refractivity contribution in [1.29, 1.82) is 0 Å². The Kier molecular flexibility index (Phi) is 6.35. The van der Waals surface area contributed by atoms with Gasteiger partial charge in [-0.25, -0.2) is 4.98 Å². The Morgan fingerprint density at radius 2 is 1.83 bits per heavy atom. The number of aromatic nitrogens is 4. The third-order valence-electron chi connectivity index (χ3n) is 4.52. The van der Waals surface area contributed by atoms with E-state index in [4.69, 9.17) is 19.0 Å². The van der Waals surface area contributed by atoms with Crippen molar-refractivity contribution < 1.29 is 14.0 Å². The number of hydrogen-bond acceptors (Lipinski definition) is 7. The zero-order valence-corrected chi connectivity index (χ0v) is 18.1. The molecule has 0 spiro atoms. The van der Waals surface area contributed by atoms with Gasteiger partial charge in [-0.15, -0.1) is 0 Å². The molecule has 0 amide bonds. The number of nitrogens with zero attached hydrogens (tertiary/aromatic N) is 4. The van der Waals surface area contributed by atoms with E-state index in [2.05, 4.69) is 20.8 Å². The largest absolute Gasteiger partial charge is 0.494 e. The molecule has 7 nitrogen and oxygen atoms in total. The summed E-state index contributed by atoms with van der Waals surface area (Å²) >= 11 is 1.56. The normalized spacial score (nSPS) is 12.4. The minimum atomic E-state index is -0.189. The minimum Gasteiger partial charge on any atom is -0.494 e. The highest BCUT2D eigenvalue weighted by atomic mass is 32.2. The van der Waals surface area contributed by atoms with Gasteiger partial charge >= 0.3 is 0 Å². The van der Waals surface area contributed by atoms with Crippen molar-refractivity contribution in [3.8, 4) is 11.4 Å². The second kappa shape index (κ2) is 9.32. The van der Waals surface area contributed by atoms with E-state index in [9.17, 15) is 0 Å². The molecule has 0 saturated heterocycles. The van der Waals surface area contributed by atoms with Gasteiger partial charge < -0.3 is 14.0 Å². The van der Waals surface area contributed by atoms with Gasteiger partial charge in [0.25, 0.3) is 0 Å². The Balaban J connectivity index is 1.60. The standard InChI is InChI=1S/C22H24N4O3S/c1-4-27-15(3)21-24-20(29-25-21)14-30-22-23-18-8-6-7-9-19(18)26(22)16-10-12-17(13-11-16)28-5-2/h6-13,15H,4-5,14H2,1-3H3. The second-order valence-corrected chi connectivity index (χ2v) is 7.52. The topological polar surface area (TPSA) is 75.2 Å². The van der Waals surface area contributed by atoms with E-state index in [0.29, 0.717) is 30.7 Å². The molecule has 0 aliphatic carbocycles. The molecule has 1 unspecified atom stereocenters.